The van der Waals surface area contributed by atoms with E-state index in [-0.39, 0.29) is 6.10 Å². The summed E-state index contributed by atoms with van der Waals surface area (Å²) < 4.78 is 0. The Hall–Kier alpha value is -0.0800. The molecule has 1 saturated heterocycles. The van der Waals surface area contributed by atoms with Gasteiger partial charge in [0.25, 0.3) is 0 Å². The first-order valence-electron chi connectivity index (χ1n) is 3.73. The standard InChI is InChI=1S/C7H15NO/c1-2-3-7(9)6-8-4-5-8/h7,9H,2-6H2,1H3. The molecular weight excluding hydrogens is 114 g/mol. The summed E-state index contributed by atoms with van der Waals surface area (Å²) in [7, 11) is 0. The third-order valence-corrected chi connectivity index (χ3v) is 1.63. The summed E-state index contributed by atoms with van der Waals surface area (Å²) in [6.07, 6.45) is 1.98. The van der Waals surface area contributed by atoms with Crippen molar-refractivity contribution < 1.29 is 5.11 Å². The van der Waals surface area contributed by atoms with Gasteiger partial charge in [0.05, 0.1) is 6.10 Å². The molecule has 0 aliphatic carbocycles. The molecule has 0 saturated carbocycles. The number of hydrogen-bond acceptors (Lipinski definition) is 2. The molecule has 54 valence electrons. The first-order valence-corrected chi connectivity index (χ1v) is 3.73. The second kappa shape index (κ2) is 3.18. The van der Waals surface area contributed by atoms with E-state index in [0.29, 0.717) is 0 Å². The van der Waals surface area contributed by atoms with E-state index in [9.17, 15) is 5.11 Å². The smallest absolute Gasteiger partial charge is 0.0667 e. The van der Waals surface area contributed by atoms with Crippen LogP contribution in [0.4, 0.5) is 0 Å². The number of rotatable bonds is 4. The van der Waals surface area contributed by atoms with Gasteiger partial charge >= 0.3 is 0 Å². The minimum absolute atomic E-state index is 0.0718. The molecule has 2 nitrogen and oxygen atoms in total. The molecule has 0 spiro atoms. The van der Waals surface area contributed by atoms with Crippen LogP contribution in [0, 0.1) is 0 Å². The molecule has 1 heterocycles. The lowest BCUT2D eigenvalue weighted by Crippen LogP contribution is -2.18. The Labute approximate surface area is 56.5 Å². The van der Waals surface area contributed by atoms with Crippen molar-refractivity contribution in [3.05, 3.63) is 0 Å². The normalized spacial score (nSPS) is 22.0. The van der Waals surface area contributed by atoms with Crippen molar-refractivity contribution in [3.8, 4) is 0 Å². The van der Waals surface area contributed by atoms with E-state index in [4.69, 9.17) is 0 Å². The predicted octanol–water partition coefficient (Wildman–Crippen LogP) is 0.463. The molecule has 1 fully saturated rings. The maximum absolute atomic E-state index is 9.22. The van der Waals surface area contributed by atoms with Gasteiger partial charge in [-0.2, -0.15) is 0 Å². The fourth-order valence-corrected chi connectivity index (χ4v) is 0.976. The Kier molecular flexibility index (Phi) is 2.49. The molecule has 0 bridgehead atoms. The molecule has 1 atom stereocenters. The van der Waals surface area contributed by atoms with Gasteiger partial charge in [-0.05, 0) is 6.42 Å². The van der Waals surface area contributed by atoms with Crippen LogP contribution in [0.3, 0.4) is 0 Å². The Balaban J connectivity index is 1.95. The maximum Gasteiger partial charge on any atom is 0.0667 e. The molecule has 1 unspecified atom stereocenters. The molecular formula is C7H15NO. The van der Waals surface area contributed by atoms with Crippen LogP contribution in [0.25, 0.3) is 0 Å². The van der Waals surface area contributed by atoms with Crippen LogP contribution in [0.2, 0.25) is 0 Å². The molecule has 1 aliphatic heterocycles. The SMILES string of the molecule is CCCC(O)CN1CC1. The van der Waals surface area contributed by atoms with Crippen molar-refractivity contribution in [2.24, 2.45) is 0 Å². The van der Waals surface area contributed by atoms with E-state index < -0.39 is 0 Å². The number of hydrogen-bond donors (Lipinski definition) is 1. The topological polar surface area (TPSA) is 23.2 Å². The molecule has 1 rings (SSSR count). The highest BCUT2D eigenvalue weighted by Crippen LogP contribution is 2.06. The maximum atomic E-state index is 9.22. The zero-order valence-electron chi connectivity index (χ0n) is 6.01. The van der Waals surface area contributed by atoms with Crippen molar-refractivity contribution in [1.82, 2.24) is 4.90 Å². The van der Waals surface area contributed by atoms with E-state index in [1.165, 1.54) is 13.1 Å². The van der Waals surface area contributed by atoms with Gasteiger partial charge in [-0.15, -0.1) is 0 Å². The van der Waals surface area contributed by atoms with Crippen LogP contribution >= 0.6 is 0 Å². The number of aliphatic hydroxyl groups is 1. The van der Waals surface area contributed by atoms with Gasteiger partial charge in [-0.3, -0.25) is 4.90 Å². The highest BCUT2D eigenvalue weighted by Gasteiger charge is 2.19. The minimum atomic E-state index is -0.0718. The Morgan fingerprint density at radius 3 is 2.67 bits per heavy atom. The van der Waals surface area contributed by atoms with Crippen molar-refractivity contribution >= 4 is 0 Å². The average Bonchev–Trinajstić information content (AvgIpc) is 2.50. The van der Waals surface area contributed by atoms with Gasteiger partial charge in [0.2, 0.25) is 0 Å². The van der Waals surface area contributed by atoms with Gasteiger partial charge in [-0.1, -0.05) is 13.3 Å². The zero-order chi connectivity index (χ0) is 6.69. The molecule has 0 aromatic rings. The highest BCUT2D eigenvalue weighted by atomic mass is 16.3. The lowest BCUT2D eigenvalue weighted by Gasteiger charge is -2.07. The van der Waals surface area contributed by atoms with Crippen LogP contribution in [-0.2, 0) is 0 Å². The summed E-state index contributed by atoms with van der Waals surface area (Å²) in [6, 6.07) is 0. The molecule has 0 radical (unpaired) electrons. The van der Waals surface area contributed by atoms with Crippen LogP contribution < -0.4 is 0 Å². The molecule has 2 heteroatoms. The average molecular weight is 129 g/mol. The third-order valence-electron chi connectivity index (χ3n) is 1.63. The number of nitrogens with zero attached hydrogens (tertiary/aromatic N) is 1. The Bertz CT molecular complexity index is 81.0. The molecule has 0 aromatic carbocycles. The van der Waals surface area contributed by atoms with Crippen LogP contribution in [-0.4, -0.2) is 35.7 Å². The van der Waals surface area contributed by atoms with E-state index in [2.05, 4.69) is 11.8 Å². The Morgan fingerprint density at radius 1 is 1.56 bits per heavy atom. The van der Waals surface area contributed by atoms with Gasteiger partial charge in [-0.25, -0.2) is 0 Å². The van der Waals surface area contributed by atoms with Crippen molar-refractivity contribution in [3.63, 3.8) is 0 Å². The summed E-state index contributed by atoms with van der Waals surface area (Å²) in [5.74, 6) is 0. The second-order valence-corrected chi connectivity index (χ2v) is 2.74. The van der Waals surface area contributed by atoms with E-state index >= 15 is 0 Å². The lowest BCUT2D eigenvalue weighted by atomic mass is 10.2. The number of aliphatic hydroxyl groups excluding tert-OH is 1. The minimum Gasteiger partial charge on any atom is -0.392 e. The fourth-order valence-electron chi connectivity index (χ4n) is 0.976. The summed E-state index contributed by atoms with van der Waals surface area (Å²) in [4.78, 5) is 2.25. The van der Waals surface area contributed by atoms with Gasteiger partial charge < -0.3 is 5.11 Å². The van der Waals surface area contributed by atoms with Crippen LogP contribution in [0.5, 0.6) is 0 Å². The van der Waals surface area contributed by atoms with Crippen molar-refractivity contribution in [2.45, 2.75) is 25.9 Å². The molecule has 9 heavy (non-hydrogen) atoms. The lowest BCUT2D eigenvalue weighted by molar-refractivity contribution is 0.144. The Morgan fingerprint density at radius 2 is 2.22 bits per heavy atom. The largest absolute Gasteiger partial charge is 0.392 e. The highest BCUT2D eigenvalue weighted by molar-refractivity contribution is 4.75. The summed E-state index contributed by atoms with van der Waals surface area (Å²) >= 11 is 0. The molecule has 0 aromatic heterocycles. The van der Waals surface area contributed by atoms with E-state index in [0.717, 1.165) is 19.4 Å². The van der Waals surface area contributed by atoms with Gasteiger partial charge in [0.1, 0.15) is 0 Å². The zero-order valence-corrected chi connectivity index (χ0v) is 6.01. The third kappa shape index (κ3) is 2.82. The number of β-amino-alcohol motifs (C(OH)–C–C–N with tert-alkyl or cyclic N) is 1. The quantitative estimate of drug-likeness (QED) is 0.557. The van der Waals surface area contributed by atoms with Gasteiger partial charge in [0.15, 0.2) is 0 Å². The first kappa shape index (κ1) is 7.03. The van der Waals surface area contributed by atoms with Crippen molar-refractivity contribution in [2.75, 3.05) is 19.6 Å². The van der Waals surface area contributed by atoms with E-state index in [1.807, 2.05) is 0 Å². The van der Waals surface area contributed by atoms with Gasteiger partial charge in [0, 0.05) is 19.6 Å². The molecule has 1 aliphatic rings. The summed E-state index contributed by atoms with van der Waals surface area (Å²) in [5.41, 5.74) is 0. The summed E-state index contributed by atoms with van der Waals surface area (Å²) in [5, 5.41) is 9.22. The second-order valence-electron chi connectivity index (χ2n) is 2.74. The molecule has 1 N–H and O–H groups in total. The summed E-state index contributed by atoms with van der Waals surface area (Å²) in [6.45, 7) is 5.39. The molecule has 0 amide bonds. The van der Waals surface area contributed by atoms with Crippen molar-refractivity contribution in [1.29, 1.82) is 0 Å². The van der Waals surface area contributed by atoms with Crippen LogP contribution in [0.15, 0.2) is 0 Å². The van der Waals surface area contributed by atoms with E-state index in [1.54, 1.807) is 0 Å². The van der Waals surface area contributed by atoms with Crippen LogP contribution in [0.1, 0.15) is 19.8 Å². The predicted molar refractivity (Wildman–Crippen MR) is 37.4 cm³/mol. The fraction of sp³-hybridized carbons (Fsp3) is 1.00. The monoisotopic (exact) mass is 129 g/mol. The first-order chi connectivity index (χ1) is 4.33.